The lowest BCUT2D eigenvalue weighted by Gasteiger charge is -2.28. The number of nitrogens with zero attached hydrogens (tertiary/aromatic N) is 6. The van der Waals surface area contributed by atoms with E-state index in [0.717, 1.165) is 29.2 Å². The summed E-state index contributed by atoms with van der Waals surface area (Å²) in [7, 11) is 0. The van der Waals surface area contributed by atoms with Crippen molar-refractivity contribution in [3.8, 4) is 11.4 Å². The third-order valence-electron chi connectivity index (χ3n) is 4.27. The predicted molar refractivity (Wildman–Crippen MR) is 85.7 cm³/mol. The van der Waals surface area contributed by atoms with E-state index in [-0.39, 0.29) is 11.9 Å². The number of aromatic nitrogens is 6. The highest BCUT2D eigenvalue weighted by atomic mass is 16.2. The zero-order valence-corrected chi connectivity index (χ0v) is 13.3. The molecule has 0 fully saturated rings. The van der Waals surface area contributed by atoms with Crippen LogP contribution in [0.2, 0.25) is 0 Å². The van der Waals surface area contributed by atoms with Crippen LogP contribution in [-0.4, -0.2) is 47.1 Å². The fourth-order valence-electron chi connectivity index (χ4n) is 2.92. The number of H-pyrrole nitrogens is 1. The average Bonchev–Trinajstić information content (AvgIpc) is 3.30. The van der Waals surface area contributed by atoms with Crippen molar-refractivity contribution in [3.05, 3.63) is 48.6 Å². The Balaban J connectivity index is 1.54. The van der Waals surface area contributed by atoms with Gasteiger partial charge in [-0.25, -0.2) is 14.6 Å². The fourth-order valence-corrected chi connectivity index (χ4v) is 2.92. The van der Waals surface area contributed by atoms with Gasteiger partial charge in [0, 0.05) is 30.9 Å². The van der Waals surface area contributed by atoms with Crippen LogP contribution in [0, 0.1) is 0 Å². The van der Waals surface area contributed by atoms with Crippen molar-refractivity contribution in [1.29, 1.82) is 0 Å². The molecule has 1 aliphatic rings. The molecule has 0 spiro atoms. The molecule has 122 valence electrons. The van der Waals surface area contributed by atoms with E-state index in [4.69, 9.17) is 0 Å². The second kappa shape index (κ2) is 5.88. The Labute approximate surface area is 138 Å². The Morgan fingerprint density at radius 3 is 3.04 bits per heavy atom. The highest BCUT2D eigenvalue weighted by molar-refractivity contribution is 5.80. The summed E-state index contributed by atoms with van der Waals surface area (Å²) in [5, 5.41) is 4.05. The zero-order chi connectivity index (χ0) is 16.5. The van der Waals surface area contributed by atoms with Crippen LogP contribution >= 0.6 is 0 Å². The van der Waals surface area contributed by atoms with Crippen LogP contribution in [0.15, 0.2) is 37.2 Å². The maximum atomic E-state index is 12.7. The number of imidazole rings is 1. The van der Waals surface area contributed by atoms with Gasteiger partial charge in [0.2, 0.25) is 5.91 Å². The molecular weight excluding hydrogens is 306 g/mol. The molecule has 4 rings (SSSR count). The van der Waals surface area contributed by atoms with Gasteiger partial charge in [0.05, 0.1) is 17.9 Å². The van der Waals surface area contributed by atoms with Gasteiger partial charge in [0.25, 0.3) is 0 Å². The summed E-state index contributed by atoms with van der Waals surface area (Å²) >= 11 is 0. The van der Waals surface area contributed by atoms with E-state index in [2.05, 4.69) is 25.0 Å². The van der Waals surface area contributed by atoms with Gasteiger partial charge in [-0.1, -0.05) is 0 Å². The topological polar surface area (TPSA) is 92.6 Å². The number of carbonyl (C=O) groups is 1. The summed E-state index contributed by atoms with van der Waals surface area (Å²) in [5.74, 6) is 0.829. The summed E-state index contributed by atoms with van der Waals surface area (Å²) < 4.78 is 1.58. The molecule has 1 unspecified atom stereocenters. The zero-order valence-electron chi connectivity index (χ0n) is 13.3. The summed E-state index contributed by atoms with van der Waals surface area (Å²) in [6, 6.07) is 3.48. The molecule has 8 nitrogen and oxygen atoms in total. The van der Waals surface area contributed by atoms with Gasteiger partial charge < -0.3 is 9.88 Å². The van der Waals surface area contributed by atoms with E-state index >= 15 is 0 Å². The molecule has 1 aliphatic heterocycles. The van der Waals surface area contributed by atoms with Crippen molar-refractivity contribution in [3.63, 3.8) is 0 Å². The SMILES string of the molecule is CC(C(=O)N1CCc2nc(-c3cccnc3)[nH]c2C1)n1cncn1. The number of fused-ring (bicyclic) bond motifs is 1. The van der Waals surface area contributed by atoms with Crippen LogP contribution in [0.1, 0.15) is 24.4 Å². The van der Waals surface area contributed by atoms with Gasteiger partial charge in [0.15, 0.2) is 0 Å². The summed E-state index contributed by atoms with van der Waals surface area (Å²) in [4.78, 5) is 30.5. The predicted octanol–water partition coefficient (Wildman–Crippen LogP) is 1.21. The lowest BCUT2D eigenvalue weighted by atomic mass is 10.1. The first-order valence-corrected chi connectivity index (χ1v) is 7.83. The minimum absolute atomic E-state index is 0.0312. The first kappa shape index (κ1) is 14.6. The summed E-state index contributed by atoms with van der Waals surface area (Å²) in [6.45, 7) is 3.02. The molecule has 0 aliphatic carbocycles. The van der Waals surface area contributed by atoms with Crippen LogP contribution in [-0.2, 0) is 17.8 Å². The number of hydrogen-bond donors (Lipinski definition) is 1. The molecule has 1 N–H and O–H groups in total. The van der Waals surface area contributed by atoms with E-state index in [1.54, 1.807) is 23.4 Å². The molecule has 4 heterocycles. The highest BCUT2D eigenvalue weighted by Gasteiger charge is 2.28. The molecule has 3 aromatic rings. The van der Waals surface area contributed by atoms with E-state index in [1.165, 1.54) is 6.33 Å². The number of amides is 1. The smallest absolute Gasteiger partial charge is 0.247 e. The van der Waals surface area contributed by atoms with Crippen LogP contribution in [0.25, 0.3) is 11.4 Å². The maximum Gasteiger partial charge on any atom is 0.247 e. The number of hydrogen-bond acceptors (Lipinski definition) is 5. The maximum absolute atomic E-state index is 12.7. The minimum atomic E-state index is -0.366. The van der Waals surface area contributed by atoms with E-state index < -0.39 is 0 Å². The molecule has 1 amide bonds. The quantitative estimate of drug-likeness (QED) is 0.782. The first-order valence-electron chi connectivity index (χ1n) is 7.83. The Morgan fingerprint density at radius 1 is 1.38 bits per heavy atom. The second-order valence-corrected chi connectivity index (χ2v) is 5.81. The lowest BCUT2D eigenvalue weighted by molar-refractivity contribution is -0.135. The van der Waals surface area contributed by atoms with Crippen LogP contribution in [0.5, 0.6) is 0 Å². The Bertz CT molecular complexity index is 841. The molecule has 0 saturated heterocycles. The molecule has 0 radical (unpaired) electrons. The van der Waals surface area contributed by atoms with Gasteiger partial charge in [-0.05, 0) is 19.1 Å². The average molecular weight is 323 g/mol. The molecular formula is C16H17N7O. The summed E-state index contributed by atoms with van der Waals surface area (Å²) in [6.07, 6.45) is 7.25. The van der Waals surface area contributed by atoms with Crippen molar-refractivity contribution >= 4 is 5.91 Å². The number of pyridine rings is 1. The number of rotatable bonds is 3. The van der Waals surface area contributed by atoms with Crippen LogP contribution < -0.4 is 0 Å². The molecule has 1 atom stereocenters. The Hall–Kier alpha value is -3.03. The van der Waals surface area contributed by atoms with Gasteiger partial charge in [0.1, 0.15) is 24.5 Å². The summed E-state index contributed by atoms with van der Waals surface area (Å²) in [5.41, 5.74) is 2.95. The van der Waals surface area contributed by atoms with Gasteiger partial charge in [-0.15, -0.1) is 0 Å². The molecule has 0 saturated carbocycles. The van der Waals surface area contributed by atoms with E-state index in [0.29, 0.717) is 13.1 Å². The number of nitrogens with one attached hydrogen (secondary N) is 1. The van der Waals surface area contributed by atoms with E-state index in [9.17, 15) is 4.79 Å². The fraction of sp³-hybridized carbons (Fsp3) is 0.312. The standard InChI is InChI=1S/C16H17N7O/c1-11(23-10-18-9-19-23)16(24)22-6-4-13-14(8-22)21-15(20-13)12-3-2-5-17-7-12/h2-3,5,7,9-11H,4,6,8H2,1H3,(H,20,21). The third kappa shape index (κ3) is 2.55. The third-order valence-corrected chi connectivity index (χ3v) is 4.27. The Morgan fingerprint density at radius 2 is 2.29 bits per heavy atom. The van der Waals surface area contributed by atoms with Crippen molar-refractivity contribution in [2.75, 3.05) is 6.54 Å². The van der Waals surface area contributed by atoms with Crippen molar-refractivity contribution in [1.82, 2.24) is 34.6 Å². The van der Waals surface area contributed by atoms with Crippen molar-refractivity contribution in [2.24, 2.45) is 0 Å². The van der Waals surface area contributed by atoms with Crippen molar-refractivity contribution < 1.29 is 4.79 Å². The van der Waals surface area contributed by atoms with Gasteiger partial charge in [-0.3, -0.25) is 9.78 Å². The minimum Gasteiger partial charge on any atom is -0.340 e. The molecule has 0 aromatic carbocycles. The Kier molecular flexibility index (Phi) is 3.56. The highest BCUT2D eigenvalue weighted by Crippen LogP contribution is 2.23. The second-order valence-electron chi connectivity index (χ2n) is 5.81. The molecule has 8 heteroatoms. The molecule has 0 bridgehead atoms. The van der Waals surface area contributed by atoms with Crippen LogP contribution in [0.3, 0.4) is 0 Å². The molecule has 24 heavy (non-hydrogen) atoms. The van der Waals surface area contributed by atoms with Gasteiger partial charge >= 0.3 is 0 Å². The monoisotopic (exact) mass is 323 g/mol. The van der Waals surface area contributed by atoms with Crippen molar-refractivity contribution in [2.45, 2.75) is 25.9 Å². The number of aromatic amines is 1. The normalized spacial score (nSPS) is 15.1. The van der Waals surface area contributed by atoms with Crippen LogP contribution in [0.4, 0.5) is 0 Å². The number of carbonyl (C=O) groups excluding carboxylic acids is 1. The lowest BCUT2D eigenvalue weighted by Crippen LogP contribution is -2.40. The van der Waals surface area contributed by atoms with E-state index in [1.807, 2.05) is 24.0 Å². The first-order chi connectivity index (χ1) is 11.7. The largest absolute Gasteiger partial charge is 0.340 e. The van der Waals surface area contributed by atoms with Gasteiger partial charge in [-0.2, -0.15) is 5.10 Å². The molecule has 3 aromatic heterocycles.